The Morgan fingerprint density at radius 3 is 0.946 bits per heavy atom. The minimum absolute atomic E-state index is 0.0151. The van der Waals surface area contributed by atoms with Crippen molar-refractivity contribution in [2.24, 2.45) is 0 Å². The molecule has 2 atom stereocenters. The summed E-state index contributed by atoms with van der Waals surface area (Å²) in [7, 11) is 1.43. The SMILES string of the molecule is CC/C=C\C/C=C\C/C=C\C/C=C\C/C=C\C/C=C\C/C=C\C/C=C\C/C=C\C/C=C\C/C=C\C/C=C\CCCCC(=O)OC(COC(=O)CCCCCCCCCCCCCCCCCCC/C=C\C/C=C\CCCCCCC)COP(=O)(O)OCC[N+](C)(C)C. The van der Waals surface area contributed by atoms with Gasteiger partial charge in [-0.05, 0) is 135 Å². The van der Waals surface area contributed by atoms with Gasteiger partial charge in [-0.25, -0.2) is 4.57 Å². The number of carbonyl (C=O) groups is 2. The number of ether oxygens (including phenoxy) is 2. The standard InChI is InChI=1S/C82H136NO8P/c1-6-8-10-12-14-16-18-20-22-24-26-28-30-32-34-36-37-38-39-40-41-42-43-44-45-47-49-51-53-55-57-59-61-63-65-67-69-71-73-75-82(85)91-80(79-90-92(86,87)89-77-76-83(3,4)5)78-88-81(84)74-72-70-68-66-64-62-60-58-56-54-52-50-48-46-35-33-31-29-27-25-23-21-19-17-15-13-11-9-7-2/h8,10,14,16,19-22,25-28,32,34,37-38,40-41,43-44,47,49,53,55,59,61,65,67,80H,6-7,9,11-13,15,17-18,23-24,29-31,33,35-36,39,42,45-46,48,50-52,54,56-58,60,62-64,66,68-79H2,1-5H3/p+1/b10-8-,16-14-,21-19-,22-20-,27-25-,28-26-,34-32-,38-37-,41-40-,44-43-,49-47-,55-53-,61-59-,67-65-. The van der Waals surface area contributed by atoms with Gasteiger partial charge in [0.2, 0.25) is 0 Å². The van der Waals surface area contributed by atoms with Gasteiger partial charge in [0.25, 0.3) is 0 Å². The van der Waals surface area contributed by atoms with Crippen LogP contribution < -0.4 is 0 Å². The molecule has 0 rings (SSSR count). The quantitative estimate of drug-likeness (QED) is 0.0211. The lowest BCUT2D eigenvalue weighted by Crippen LogP contribution is -2.37. The van der Waals surface area contributed by atoms with Crippen molar-refractivity contribution in [2.75, 3.05) is 47.5 Å². The average molecular weight is 1300 g/mol. The van der Waals surface area contributed by atoms with Crippen LogP contribution in [0.1, 0.15) is 284 Å². The first kappa shape index (κ1) is 87.4. The molecule has 9 nitrogen and oxygen atoms in total. The predicted molar refractivity (Wildman–Crippen MR) is 399 cm³/mol. The number of rotatable bonds is 66. The van der Waals surface area contributed by atoms with Gasteiger partial charge in [0.15, 0.2) is 6.10 Å². The second-order valence-electron chi connectivity index (χ2n) is 25.2. The van der Waals surface area contributed by atoms with E-state index in [1.165, 1.54) is 135 Å². The molecule has 0 radical (unpaired) electrons. The number of phosphoric ester groups is 1. The summed E-state index contributed by atoms with van der Waals surface area (Å²) in [4.78, 5) is 35.9. The van der Waals surface area contributed by atoms with Crippen LogP contribution in [-0.4, -0.2) is 74.9 Å². The van der Waals surface area contributed by atoms with Crippen LogP contribution in [0.2, 0.25) is 0 Å². The van der Waals surface area contributed by atoms with Crippen LogP contribution >= 0.6 is 7.82 Å². The van der Waals surface area contributed by atoms with E-state index < -0.39 is 26.5 Å². The van der Waals surface area contributed by atoms with E-state index in [4.69, 9.17) is 18.5 Å². The van der Waals surface area contributed by atoms with Crippen molar-refractivity contribution in [3.63, 3.8) is 0 Å². The number of carbonyl (C=O) groups excluding carboxylic acids is 2. The maximum absolute atomic E-state index is 12.9. The van der Waals surface area contributed by atoms with E-state index in [1.807, 2.05) is 21.1 Å². The Morgan fingerprint density at radius 2 is 0.620 bits per heavy atom. The molecule has 0 fully saturated rings. The Kier molecular flexibility index (Phi) is 67.1. The molecule has 0 aromatic rings. The van der Waals surface area contributed by atoms with Crippen LogP contribution in [0.5, 0.6) is 0 Å². The molecule has 0 saturated carbocycles. The first-order valence-electron chi connectivity index (χ1n) is 36.9. The van der Waals surface area contributed by atoms with Crippen LogP contribution in [-0.2, 0) is 32.7 Å². The number of unbranched alkanes of at least 4 members (excludes halogenated alkanes) is 24. The fourth-order valence-corrected chi connectivity index (χ4v) is 10.4. The molecule has 1 N–H and O–H groups in total. The Labute approximate surface area is 566 Å². The Balaban J connectivity index is 4.18. The Morgan fingerprint density at radius 1 is 0.348 bits per heavy atom. The fraction of sp³-hybridized carbons (Fsp3) is 0.634. The lowest BCUT2D eigenvalue weighted by atomic mass is 10.0. The van der Waals surface area contributed by atoms with Crippen molar-refractivity contribution in [1.82, 2.24) is 0 Å². The molecular formula is C82H137NO8P+. The molecule has 0 aliphatic rings. The summed E-state index contributed by atoms with van der Waals surface area (Å²) in [5.41, 5.74) is 0. The van der Waals surface area contributed by atoms with Crippen LogP contribution in [0.25, 0.3) is 0 Å². The molecular weight excluding hydrogens is 1160 g/mol. The molecule has 2 unspecified atom stereocenters. The highest BCUT2D eigenvalue weighted by Crippen LogP contribution is 2.43. The first-order valence-corrected chi connectivity index (χ1v) is 38.4. The number of phosphoric acid groups is 1. The van der Waals surface area contributed by atoms with Crippen molar-refractivity contribution in [2.45, 2.75) is 290 Å². The van der Waals surface area contributed by atoms with Gasteiger partial charge >= 0.3 is 19.8 Å². The summed E-state index contributed by atoms with van der Waals surface area (Å²) in [6.07, 6.45) is 108. The van der Waals surface area contributed by atoms with E-state index in [0.717, 1.165) is 116 Å². The highest BCUT2D eigenvalue weighted by atomic mass is 31.2. The molecule has 0 heterocycles. The van der Waals surface area contributed by atoms with Crippen molar-refractivity contribution < 1.29 is 42.1 Å². The summed E-state index contributed by atoms with van der Waals surface area (Å²) in [6, 6.07) is 0. The van der Waals surface area contributed by atoms with E-state index >= 15 is 0 Å². The zero-order valence-corrected chi connectivity index (χ0v) is 60.4. The van der Waals surface area contributed by atoms with Gasteiger partial charge in [0.05, 0.1) is 27.7 Å². The van der Waals surface area contributed by atoms with Crippen molar-refractivity contribution in [3.05, 3.63) is 170 Å². The summed E-state index contributed by atoms with van der Waals surface area (Å²) in [5.74, 6) is -0.853. The third-order valence-corrected chi connectivity index (χ3v) is 16.2. The van der Waals surface area contributed by atoms with Crippen molar-refractivity contribution in [3.8, 4) is 0 Å². The molecule has 0 amide bonds. The largest absolute Gasteiger partial charge is 0.472 e. The van der Waals surface area contributed by atoms with Gasteiger partial charge in [-0.2, -0.15) is 0 Å². The monoisotopic (exact) mass is 1300 g/mol. The van der Waals surface area contributed by atoms with Gasteiger partial charge < -0.3 is 18.9 Å². The number of nitrogens with zero attached hydrogens (tertiary/aromatic N) is 1. The molecule has 0 aliphatic heterocycles. The first-order chi connectivity index (χ1) is 45.0. The molecule has 92 heavy (non-hydrogen) atoms. The average Bonchev–Trinajstić information content (AvgIpc) is 2.14. The summed E-state index contributed by atoms with van der Waals surface area (Å²) in [6.45, 7) is 4.26. The normalized spacial score (nSPS) is 14.1. The van der Waals surface area contributed by atoms with Crippen LogP contribution in [0.4, 0.5) is 0 Å². The summed E-state index contributed by atoms with van der Waals surface area (Å²) >= 11 is 0. The molecule has 0 saturated heterocycles. The van der Waals surface area contributed by atoms with Gasteiger partial charge in [-0.3, -0.25) is 18.6 Å². The van der Waals surface area contributed by atoms with E-state index in [9.17, 15) is 19.0 Å². The second-order valence-corrected chi connectivity index (χ2v) is 26.7. The number of allylic oxidation sites excluding steroid dienone is 28. The minimum atomic E-state index is -4.42. The number of hydrogen-bond donors (Lipinski definition) is 1. The van der Waals surface area contributed by atoms with E-state index in [-0.39, 0.29) is 32.0 Å². The number of esters is 2. The molecule has 0 aliphatic carbocycles. The second kappa shape index (κ2) is 70.7. The zero-order chi connectivity index (χ0) is 66.9. The van der Waals surface area contributed by atoms with Gasteiger partial charge in [-0.15, -0.1) is 0 Å². The minimum Gasteiger partial charge on any atom is -0.462 e. The summed E-state index contributed by atoms with van der Waals surface area (Å²) < 4.78 is 34.7. The maximum Gasteiger partial charge on any atom is 0.472 e. The van der Waals surface area contributed by atoms with E-state index in [2.05, 4.69) is 184 Å². The molecule has 0 spiro atoms. The lowest BCUT2D eigenvalue weighted by molar-refractivity contribution is -0.870. The number of hydrogen-bond acceptors (Lipinski definition) is 7. The van der Waals surface area contributed by atoms with Crippen LogP contribution in [0.3, 0.4) is 0 Å². The Bertz CT molecular complexity index is 2160. The number of likely N-dealkylation sites (N-methyl/N-ethyl adjacent to an activating group) is 1. The van der Waals surface area contributed by atoms with Crippen LogP contribution in [0.15, 0.2) is 170 Å². The lowest BCUT2D eigenvalue weighted by Gasteiger charge is -2.24. The third kappa shape index (κ3) is 74.4. The van der Waals surface area contributed by atoms with Crippen molar-refractivity contribution in [1.29, 1.82) is 0 Å². The molecule has 0 bridgehead atoms. The molecule has 522 valence electrons. The molecule has 0 aromatic heterocycles. The van der Waals surface area contributed by atoms with Crippen LogP contribution in [0, 0.1) is 0 Å². The van der Waals surface area contributed by atoms with Gasteiger partial charge in [0, 0.05) is 12.8 Å². The number of quaternary nitrogens is 1. The van der Waals surface area contributed by atoms with Gasteiger partial charge in [-0.1, -0.05) is 306 Å². The smallest absolute Gasteiger partial charge is 0.462 e. The predicted octanol–water partition coefficient (Wildman–Crippen LogP) is 24.5. The fourth-order valence-electron chi connectivity index (χ4n) is 9.62. The topological polar surface area (TPSA) is 108 Å². The highest BCUT2D eigenvalue weighted by molar-refractivity contribution is 7.47. The molecule has 10 heteroatoms. The maximum atomic E-state index is 12.9. The van der Waals surface area contributed by atoms with E-state index in [1.54, 1.807) is 0 Å². The zero-order valence-electron chi connectivity index (χ0n) is 59.5. The highest BCUT2D eigenvalue weighted by Gasteiger charge is 2.27. The van der Waals surface area contributed by atoms with Gasteiger partial charge in [0.1, 0.15) is 19.8 Å². The van der Waals surface area contributed by atoms with E-state index in [0.29, 0.717) is 17.4 Å². The summed E-state index contributed by atoms with van der Waals surface area (Å²) in [5, 5.41) is 0. The third-order valence-electron chi connectivity index (χ3n) is 15.2. The van der Waals surface area contributed by atoms with Crippen molar-refractivity contribution >= 4 is 19.8 Å². The molecule has 0 aromatic carbocycles. The Hall–Kier alpha value is -4.63.